The first-order valence-electron chi connectivity index (χ1n) is 7.79. The fraction of sp³-hybridized carbons (Fsp3) is 0.375. The molecule has 0 spiro atoms. The first-order valence-corrected chi connectivity index (χ1v) is 9.35. The van der Waals surface area contributed by atoms with Gasteiger partial charge in [-0.1, -0.05) is 19.4 Å². The van der Waals surface area contributed by atoms with Crippen molar-refractivity contribution in [2.45, 2.75) is 19.8 Å². The summed E-state index contributed by atoms with van der Waals surface area (Å²) in [5.74, 6) is -4.69. The summed E-state index contributed by atoms with van der Waals surface area (Å²) in [5, 5.41) is 16.6. The molecule has 0 saturated carbocycles. The van der Waals surface area contributed by atoms with Gasteiger partial charge in [-0.15, -0.1) is 0 Å². The van der Waals surface area contributed by atoms with Crippen molar-refractivity contribution in [2.24, 2.45) is 5.92 Å². The van der Waals surface area contributed by atoms with Crippen LogP contribution < -0.4 is 0 Å². The van der Waals surface area contributed by atoms with Gasteiger partial charge in [-0.25, -0.2) is 14.2 Å². The molecule has 0 aliphatic heterocycles. The number of benzene rings is 1. The van der Waals surface area contributed by atoms with Crippen LogP contribution in [0, 0.1) is 5.92 Å². The maximum absolute atomic E-state index is 11.1. The Labute approximate surface area is 165 Å². The maximum Gasteiger partial charge on any atom is 0.466 e. The van der Waals surface area contributed by atoms with E-state index >= 15 is 0 Å². The smallest absolute Gasteiger partial charge is 0.466 e. The molecule has 0 saturated heterocycles. The zero-order valence-corrected chi connectivity index (χ0v) is 16.7. The first-order chi connectivity index (χ1) is 13.3. The van der Waals surface area contributed by atoms with E-state index in [0.717, 1.165) is 0 Å². The van der Waals surface area contributed by atoms with Crippen LogP contribution in [0.1, 0.15) is 40.5 Å². The predicted octanol–water partition coefficient (Wildman–Crippen LogP) is 0.903. The lowest BCUT2D eigenvalue weighted by molar-refractivity contribution is -0.154. The maximum atomic E-state index is 11.1. The molecule has 0 aliphatic rings. The Bertz CT molecular complexity index is 686. The molecule has 0 fully saturated rings. The van der Waals surface area contributed by atoms with E-state index in [1.807, 2.05) is 0 Å². The molecular formula is C16H23O12P. The minimum Gasteiger partial charge on any atom is -0.481 e. The van der Waals surface area contributed by atoms with Crippen LogP contribution in [-0.2, 0) is 23.6 Å². The molecule has 12 nitrogen and oxygen atoms in total. The lowest BCUT2D eigenvalue weighted by Crippen LogP contribution is -2.22. The molecule has 0 unspecified atom stereocenters. The average molecular weight is 438 g/mol. The number of methoxy groups -OCH3 is 2. The van der Waals surface area contributed by atoms with E-state index in [9.17, 15) is 19.2 Å². The Morgan fingerprint density at radius 2 is 1.28 bits per heavy atom. The number of carboxylic acids is 2. The zero-order chi connectivity index (χ0) is 23.2. The second-order valence-corrected chi connectivity index (χ2v) is 6.12. The average Bonchev–Trinajstić information content (AvgIpc) is 2.63. The summed E-state index contributed by atoms with van der Waals surface area (Å²) in [4.78, 5) is 64.1. The number of carboxylic acid groups (broad SMARTS) is 2. The van der Waals surface area contributed by atoms with Crippen molar-refractivity contribution in [2.75, 3.05) is 14.2 Å². The van der Waals surface area contributed by atoms with Crippen molar-refractivity contribution < 1.29 is 58.1 Å². The molecule has 0 heterocycles. The van der Waals surface area contributed by atoms with Gasteiger partial charge in [0.1, 0.15) is 0 Å². The summed E-state index contributed by atoms with van der Waals surface area (Å²) in [6, 6.07) is 6.16. The van der Waals surface area contributed by atoms with E-state index < -0.39 is 37.6 Å². The molecule has 5 N–H and O–H groups in total. The molecule has 164 valence electrons. The number of ether oxygens (including phenoxy) is 2. The number of carbonyl (C=O) groups excluding carboxylic acids is 2. The highest BCUT2D eigenvalue weighted by atomic mass is 31.2. The van der Waals surface area contributed by atoms with Gasteiger partial charge in [-0.3, -0.25) is 9.59 Å². The number of aliphatic carboxylic acids is 2. The van der Waals surface area contributed by atoms with Crippen molar-refractivity contribution >= 4 is 31.7 Å². The van der Waals surface area contributed by atoms with Gasteiger partial charge < -0.3 is 34.4 Å². The highest BCUT2D eigenvalue weighted by molar-refractivity contribution is 7.45. The summed E-state index contributed by atoms with van der Waals surface area (Å²) in [6.45, 7) is 1.75. The lowest BCUT2D eigenvalue weighted by Gasteiger charge is -2.02. The summed E-state index contributed by atoms with van der Waals surface area (Å²) in [6.07, 6.45) is 0.772. The van der Waals surface area contributed by atoms with Crippen LogP contribution >= 0.6 is 7.82 Å². The van der Waals surface area contributed by atoms with Gasteiger partial charge in [0.05, 0.1) is 25.3 Å². The molecule has 0 atom stereocenters. The standard InChI is InChI=1S/C10H10O4.C6H10O4.H3O4P/c1-13-9(11)7-4-3-5-8(6-7)10(12)14-2;1-2-3-4(5(7)8)6(9)10;1-5(2,3)4/h3-6H,1-2H3;4H,2-3H2,1H3,(H,7,8)(H,9,10);(H3,1,2,3,4). The first kappa shape index (κ1) is 28.4. The predicted molar refractivity (Wildman–Crippen MR) is 97.1 cm³/mol. The van der Waals surface area contributed by atoms with Crippen LogP contribution in [0.5, 0.6) is 0 Å². The lowest BCUT2D eigenvalue weighted by atomic mass is 10.1. The van der Waals surface area contributed by atoms with E-state index in [-0.39, 0.29) is 6.42 Å². The van der Waals surface area contributed by atoms with Crippen LogP contribution in [0.25, 0.3) is 0 Å². The van der Waals surface area contributed by atoms with Gasteiger partial charge >= 0.3 is 31.7 Å². The second-order valence-electron chi connectivity index (χ2n) is 5.09. The van der Waals surface area contributed by atoms with Crippen molar-refractivity contribution in [3.63, 3.8) is 0 Å². The quantitative estimate of drug-likeness (QED) is 0.239. The molecular weight excluding hydrogens is 415 g/mol. The van der Waals surface area contributed by atoms with Crippen molar-refractivity contribution in [3.8, 4) is 0 Å². The fourth-order valence-electron chi connectivity index (χ4n) is 1.65. The monoisotopic (exact) mass is 438 g/mol. The third-order valence-corrected chi connectivity index (χ3v) is 2.88. The largest absolute Gasteiger partial charge is 0.481 e. The number of carbonyl (C=O) groups is 4. The normalized spacial score (nSPS) is 9.90. The molecule has 0 aromatic heterocycles. The summed E-state index contributed by atoms with van der Waals surface area (Å²) in [5.41, 5.74) is 0.658. The molecule has 29 heavy (non-hydrogen) atoms. The van der Waals surface area contributed by atoms with E-state index in [1.165, 1.54) is 20.3 Å². The van der Waals surface area contributed by atoms with Crippen LogP contribution in [0.3, 0.4) is 0 Å². The third-order valence-electron chi connectivity index (χ3n) is 2.88. The summed E-state index contributed by atoms with van der Waals surface area (Å²) >= 11 is 0. The SMILES string of the molecule is CCCC(C(=O)O)C(=O)O.COC(=O)c1cccc(C(=O)OC)c1.O=P(O)(O)O. The summed E-state index contributed by atoms with van der Waals surface area (Å²) in [7, 11) is -2.07. The Balaban J connectivity index is 0. The van der Waals surface area contributed by atoms with Crippen molar-refractivity contribution in [1.82, 2.24) is 0 Å². The van der Waals surface area contributed by atoms with Gasteiger partial charge in [-0.2, -0.15) is 0 Å². The Kier molecular flexibility index (Phi) is 14.0. The molecule has 0 radical (unpaired) electrons. The van der Waals surface area contributed by atoms with Crippen molar-refractivity contribution in [1.29, 1.82) is 0 Å². The number of hydrogen-bond acceptors (Lipinski definition) is 7. The molecule has 1 aromatic carbocycles. The second kappa shape index (κ2) is 14.2. The zero-order valence-electron chi connectivity index (χ0n) is 15.8. The Hall–Kier alpha value is -2.79. The number of phosphoric acid groups is 1. The van der Waals surface area contributed by atoms with Gasteiger partial charge in [0.15, 0.2) is 5.92 Å². The minimum atomic E-state index is -4.64. The third kappa shape index (κ3) is 14.9. The number of hydrogen-bond donors (Lipinski definition) is 5. The van der Waals surface area contributed by atoms with Gasteiger partial charge in [-0.05, 0) is 24.6 Å². The van der Waals surface area contributed by atoms with E-state index in [0.29, 0.717) is 17.5 Å². The van der Waals surface area contributed by atoms with Gasteiger partial charge in [0.25, 0.3) is 0 Å². The van der Waals surface area contributed by atoms with E-state index in [1.54, 1.807) is 25.1 Å². The summed E-state index contributed by atoms with van der Waals surface area (Å²) < 4.78 is 17.9. The molecule has 0 aliphatic carbocycles. The molecule has 13 heteroatoms. The number of esters is 2. The van der Waals surface area contributed by atoms with Gasteiger partial charge in [0.2, 0.25) is 0 Å². The Morgan fingerprint density at radius 1 is 0.931 bits per heavy atom. The minimum absolute atomic E-state index is 0.199. The van der Waals surface area contributed by atoms with E-state index in [4.69, 9.17) is 29.5 Å². The highest BCUT2D eigenvalue weighted by Crippen LogP contribution is 2.25. The molecule has 1 aromatic rings. The van der Waals surface area contributed by atoms with Crippen molar-refractivity contribution in [3.05, 3.63) is 35.4 Å². The van der Waals surface area contributed by atoms with Gasteiger partial charge in [0, 0.05) is 0 Å². The Morgan fingerprint density at radius 3 is 1.48 bits per heavy atom. The molecule has 0 amide bonds. The number of rotatable bonds is 6. The van der Waals surface area contributed by atoms with Crippen LogP contribution in [-0.4, -0.2) is 63.0 Å². The fourth-order valence-corrected chi connectivity index (χ4v) is 1.65. The van der Waals surface area contributed by atoms with Crippen LogP contribution in [0.15, 0.2) is 24.3 Å². The molecule has 1 rings (SSSR count). The van der Waals surface area contributed by atoms with Crippen LogP contribution in [0.2, 0.25) is 0 Å². The van der Waals surface area contributed by atoms with Crippen LogP contribution in [0.4, 0.5) is 0 Å². The molecule has 0 bridgehead atoms. The van der Waals surface area contributed by atoms with E-state index in [2.05, 4.69) is 9.47 Å². The highest BCUT2D eigenvalue weighted by Gasteiger charge is 2.23. The topological polar surface area (TPSA) is 205 Å².